The molecular weight excluding hydrogens is 296 g/mol. The molecule has 7 nitrogen and oxygen atoms in total. The molecule has 0 amide bonds. The predicted octanol–water partition coefficient (Wildman–Crippen LogP) is 1.83. The lowest BCUT2D eigenvalue weighted by Crippen LogP contribution is -2.13. The van der Waals surface area contributed by atoms with Crippen LogP contribution < -0.4 is 4.72 Å². The van der Waals surface area contributed by atoms with Gasteiger partial charge in [0.15, 0.2) is 0 Å². The molecule has 0 fully saturated rings. The van der Waals surface area contributed by atoms with E-state index in [0.717, 1.165) is 12.1 Å². The Morgan fingerprint density at radius 1 is 1.37 bits per heavy atom. The summed E-state index contributed by atoms with van der Waals surface area (Å²) in [5.74, 6) is -1.83. The Morgan fingerprint density at radius 3 is 2.68 bits per heavy atom. The molecule has 0 aliphatic rings. The molecule has 2 rings (SSSR count). The van der Waals surface area contributed by atoms with Crippen LogP contribution >= 0.6 is 11.6 Å². The number of carboxylic acid groups (broad SMARTS) is 1. The molecule has 0 atom stereocenters. The number of aromatic nitrogens is 1. The molecule has 0 aliphatic heterocycles. The van der Waals surface area contributed by atoms with Crippen LogP contribution in [-0.4, -0.2) is 24.5 Å². The van der Waals surface area contributed by atoms with Crippen LogP contribution in [0, 0.1) is 0 Å². The zero-order chi connectivity index (χ0) is 14.0. The number of hydrogen-bond donors (Lipinski definition) is 2. The van der Waals surface area contributed by atoms with Gasteiger partial charge in [0.2, 0.25) is 10.9 Å². The summed E-state index contributed by atoms with van der Waals surface area (Å²) in [6.45, 7) is 0. The Hall–Kier alpha value is -2.06. The van der Waals surface area contributed by atoms with Crippen molar-refractivity contribution in [2.45, 2.75) is 5.09 Å². The Balaban J connectivity index is 2.29. The second-order valence-electron chi connectivity index (χ2n) is 3.39. The second-order valence-corrected chi connectivity index (χ2v) is 5.44. The lowest BCUT2D eigenvalue weighted by atomic mass is 10.5. The van der Waals surface area contributed by atoms with Gasteiger partial charge in [-0.2, -0.15) is 8.42 Å². The van der Waals surface area contributed by atoms with Crippen LogP contribution in [0.3, 0.4) is 0 Å². The normalized spacial score (nSPS) is 11.2. The number of carboxylic acids is 1. The lowest BCUT2D eigenvalue weighted by Gasteiger charge is -2.04. The minimum Gasteiger partial charge on any atom is -0.475 e. The van der Waals surface area contributed by atoms with Crippen molar-refractivity contribution in [3.63, 3.8) is 0 Å². The summed E-state index contributed by atoms with van der Waals surface area (Å²) in [5.41, 5.74) is 0. The smallest absolute Gasteiger partial charge is 0.371 e. The van der Waals surface area contributed by atoms with Crippen molar-refractivity contribution in [2.75, 3.05) is 4.72 Å². The number of nitrogens with zero attached hydrogens (tertiary/aromatic N) is 1. The van der Waals surface area contributed by atoms with Crippen LogP contribution in [0.5, 0.6) is 0 Å². The highest BCUT2D eigenvalue weighted by Crippen LogP contribution is 2.19. The zero-order valence-corrected chi connectivity index (χ0v) is 10.8. The van der Waals surface area contributed by atoms with Crippen LogP contribution in [0.25, 0.3) is 0 Å². The summed E-state index contributed by atoms with van der Waals surface area (Å²) in [5, 5.41) is 8.43. The van der Waals surface area contributed by atoms with E-state index < -0.39 is 26.8 Å². The van der Waals surface area contributed by atoms with Gasteiger partial charge < -0.3 is 9.52 Å². The molecule has 2 aromatic heterocycles. The summed E-state index contributed by atoms with van der Waals surface area (Å²) in [7, 11) is -4.04. The van der Waals surface area contributed by atoms with Gasteiger partial charge in [0.25, 0.3) is 10.0 Å². The third kappa shape index (κ3) is 3.04. The Bertz CT molecular complexity index is 725. The van der Waals surface area contributed by atoms with Crippen molar-refractivity contribution in [3.8, 4) is 0 Å². The Labute approximate surface area is 112 Å². The number of nitrogens with one attached hydrogen (secondary N) is 1. The molecule has 19 heavy (non-hydrogen) atoms. The molecule has 100 valence electrons. The molecule has 0 radical (unpaired) electrons. The van der Waals surface area contributed by atoms with Crippen molar-refractivity contribution in [1.82, 2.24) is 4.98 Å². The lowest BCUT2D eigenvalue weighted by molar-refractivity contribution is 0.0656. The number of pyridine rings is 1. The average Bonchev–Trinajstić information content (AvgIpc) is 2.78. The van der Waals surface area contributed by atoms with Crippen LogP contribution in [0.1, 0.15) is 10.6 Å². The largest absolute Gasteiger partial charge is 0.475 e. The SMILES string of the molecule is O=C(O)c1ccc(S(=O)(=O)Nc2cc(Cl)ccn2)o1. The Kier molecular flexibility index (Phi) is 3.45. The molecule has 0 spiro atoms. The summed E-state index contributed by atoms with van der Waals surface area (Å²) >= 11 is 5.69. The average molecular weight is 303 g/mol. The van der Waals surface area contributed by atoms with Gasteiger partial charge >= 0.3 is 5.97 Å². The van der Waals surface area contributed by atoms with Gasteiger partial charge in [-0.1, -0.05) is 11.6 Å². The molecule has 0 aliphatic carbocycles. The summed E-state index contributed by atoms with van der Waals surface area (Å²) < 4.78 is 30.6. The van der Waals surface area contributed by atoms with E-state index in [-0.39, 0.29) is 5.82 Å². The second kappa shape index (κ2) is 4.90. The fourth-order valence-electron chi connectivity index (χ4n) is 1.23. The molecule has 9 heteroatoms. The zero-order valence-electron chi connectivity index (χ0n) is 9.20. The van der Waals surface area contributed by atoms with Gasteiger partial charge in [0.1, 0.15) is 5.82 Å². The van der Waals surface area contributed by atoms with E-state index >= 15 is 0 Å². The molecule has 0 bridgehead atoms. The maximum atomic E-state index is 11.9. The first kappa shape index (κ1) is 13.4. The summed E-state index contributed by atoms with van der Waals surface area (Å²) in [4.78, 5) is 14.4. The highest BCUT2D eigenvalue weighted by Gasteiger charge is 2.21. The molecule has 2 heterocycles. The molecule has 0 aromatic carbocycles. The highest BCUT2D eigenvalue weighted by atomic mass is 35.5. The third-order valence-electron chi connectivity index (χ3n) is 2.02. The molecular formula is C10H7ClN2O5S. The van der Waals surface area contributed by atoms with E-state index in [4.69, 9.17) is 21.1 Å². The maximum Gasteiger partial charge on any atom is 0.371 e. The minimum atomic E-state index is -4.04. The first-order chi connectivity index (χ1) is 8.88. The van der Waals surface area contributed by atoms with E-state index in [1.807, 2.05) is 0 Å². The number of hydrogen-bond acceptors (Lipinski definition) is 5. The maximum absolute atomic E-state index is 11.9. The molecule has 2 N–H and O–H groups in total. The number of carbonyl (C=O) groups is 1. The fourth-order valence-corrected chi connectivity index (χ4v) is 2.32. The van der Waals surface area contributed by atoms with Crippen LogP contribution in [-0.2, 0) is 10.0 Å². The minimum absolute atomic E-state index is 0.000718. The monoisotopic (exact) mass is 302 g/mol. The number of sulfonamides is 1. The molecule has 0 saturated carbocycles. The van der Waals surface area contributed by atoms with Gasteiger partial charge in [-0.25, -0.2) is 9.78 Å². The number of furan rings is 1. The van der Waals surface area contributed by atoms with Crippen molar-refractivity contribution in [3.05, 3.63) is 41.2 Å². The first-order valence-corrected chi connectivity index (χ1v) is 6.72. The van der Waals surface area contributed by atoms with E-state index in [9.17, 15) is 13.2 Å². The van der Waals surface area contributed by atoms with Gasteiger partial charge in [0.05, 0.1) is 0 Å². The standard InChI is InChI=1S/C10H7ClN2O5S/c11-6-3-4-12-8(5-6)13-19(16,17)9-2-1-7(18-9)10(14)15/h1-5H,(H,12,13)(H,14,15). The number of halogens is 1. The topological polar surface area (TPSA) is 110 Å². The van der Waals surface area contributed by atoms with E-state index in [1.54, 1.807) is 0 Å². The highest BCUT2D eigenvalue weighted by molar-refractivity contribution is 7.92. The summed E-state index contributed by atoms with van der Waals surface area (Å²) in [6.07, 6.45) is 1.32. The summed E-state index contributed by atoms with van der Waals surface area (Å²) in [6, 6.07) is 4.87. The third-order valence-corrected chi connectivity index (χ3v) is 3.48. The van der Waals surface area contributed by atoms with E-state index in [1.165, 1.54) is 18.3 Å². The number of rotatable bonds is 4. The van der Waals surface area contributed by atoms with Crippen molar-refractivity contribution >= 4 is 33.4 Å². The van der Waals surface area contributed by atoms with Gasteiger partial charge in [0, 0.05) is 17.3 Å². The quantitative estimate of drug-likeness (QED) is 0.891. The molecule has 0 unspecified atom stereocenters. The Morgan fingerprint density at radius 2 is 2.11 bits per heavy atom. The van der Waals surface area contributed by atoms with Gasteiger partial charge in [-0.15, -0.1) is 0 Å². The van der Waals surface area contributed by atoms with Crippen molar-refractivity contribution < 1.29 is 22.7 Å². The first-order valence-electron chi connectivity index (χ1n) is 4.86. The number of anilines is 1. The van der Waals surface area contributed by atoms with Gasteiger partial charge in [-0.05, 0) is 18.2 Å². The molecule has 2 aromatic rings. The molecule has 0 saturated heterocycles. The van der Waals surface area contributed by atoms with Crippen molar-refractivity contribution in [2.24, 2.45) is 0 Å². The van der Waals surface area contributed by atoms with E-state index in [0.29, 0.717) is 5.02 Å². The van der Waals surface area contributed by atoms with Crippen LogP contribution in [0.2, 0.25) is 5.02 Å². The number of aromatic carboxylic acids is 1. The van der Waals surface area contributed by atoms with Crippen molar-refractivity contribution in [1.29, 1.82) is 0 Å². The van der Waals surface area contributed by atoms with Gasteiger partial charge in [-0.3, -0.25) is 4.72 Å². The fraction of sp³-hybridized carbons (Fsp3) is 0. The van der Waals surface area contributed by atoms with E-state index in [2.05, 4.69) is 9.71 Å². The van der Waals surface area contributed by atoms with Crippen LogP contribution in [0.4, 0.5) is 5.82 Å². The predicted molar refractivity (Wildman–Crippen MR) is 65.7 cm³/mol. The van der Waals surface area contributed by atoms with Crippen LogP contribution in [0.15, 0.2) is 40.0 Å².